The van der Waals surface area contributed by atoms with Gasteiger partial charge in [0.2, 0.25) is 11.8 Å². The summed E-state index contributed by atoms with van der Waals surface area (Å²) in [6, 6.07) is 6.78. The van der Waals surface area contributed by atoms with Crippen LogP contribution in [0.5, 0.6) is 17.4 Å². The number of nitrogen functional groups attached to an aromatic ring is 1. The number of hydrogen-bond donors (Lipinski definition) is 1. The van der Waals surface area contributed by atoms with Gasteiger partial charge in [0.25, 0.3) is 0 Å². The number of methoxy groups -OCH3 is 1. The Balaban J connectivity index is 2.28. The molecule has 18 heavy (non-hydrogen) atoms. The van der Waals surface area contributed by atoms with Crippen LogP contribution in [0.2, 0.25) is 5.15 Å². The van der Waals surface area contributed by atoms with E-state index in [9.17, 15) is 0 Å². The standard InChI is InChI=1S/C11H9BrClN3O2/c1-17-6-2-3-8(7(12)4-6)18-10-5-9(13)15-11(14)16-10/h2-5H,1H3,(H2,14,15,16). The Kier molecular flexibility index (Phi) is 3.88. The molecule has 0 aliphatic rings. The highest BCUT2D eigenvalue weighted by Crippen LogP contribution is 2.32. The van der Waals surface area contributed by atoms with Crippen molar-refractivity contribution in [2.45, 2.75) is 0 Å². The lowest BCUT2D eigenvalue weighted by Gasteiger charge is -2.08. The number of rotatable bonds is 3. The topological polar surface area (TPSA) is 70.3 Å². The maximum absolute atomic E-state index is 5.76. The van der Waals surface area contributed by atoms with Gasteiger partial charge in [0.1, 0.15) is 16.7 Å². The molecular weight excluding hydrogens is 321 g/mol. The monoisotopic (exact) mass is 329 g/mol. The third-order valence-electron chi connectivity index (χ3n) is 2.04. The lowest BCUT2D eigenvalue weighted by molar-refractivity contribution is 0.411. The normalized spacial score (nSPS) is 10.2. The van der Waals surface area contributed by atoms with E-state index in [0.717, 1.165) is 10.2 Å². The Labute approximate surface area is 117 Å². The fourth-order valence-corrected chi connectivity index (χ4v) is 1.89. The van der Waals surface area contributed by atoms with Gasteiger partial charge in [-0.3, -0.25) is 0 Å². The minimum absolute atomic E-state index is 0.0575. The number of aromatic nitrogens is 2. The molecule has 1 heterocycles. The van der Waals surface area contributed by atoms with E-state index >= 15 is 0 Å². The average molecular weight is 331 g/mol. The van der Waals surface area contributed by atoms with Gasteiger partial charge in [0.15, 0.2) is 0 Å². The van der Waals surface area contributed by atoms with Crippen LogP contribution in [0.3, 0.4) is 0 Å². The summed E-state index contributed by atoms with van der Waals surface area (Å²) in [5, 5.41) is 0.224. The second-order valence-electron chi connectivity index (χ2n) is 3.29. The quantitative estimate of drug-likeness (QED) is 0.875. The Morgan fingerprint density at radius 2 is 2.06 bits per heavy atom. The van der Waals surface area contributed by atoms with Crippen LogP contribution in [0, 0.1) is 0 Å². The van der Waals surface area contributed by atoms with Gasteiger partial charge in [-0.2, -0.15) is 4.98 Å². The molecule has 94 valence electrons. The van der Waals surface area contributed by atoms with Crippen LogP contribution >= 0.6 is 27.5 Å². The second-order valence-corrected chi connectivity index (χ2v) is 4.53. The minimum atomic E-state index is 0.0575. The van der Waals surface area contributed by atoms with Gasteiger partial charge in [0.05, 0.1) is 11.6 Å². The van der Waals surface area contributed by atoms with E-state index in [1.165, 1.54) is 6.07 Å². The van der Waals surface area contributed by atoms with E-state index in [2.05, 4.69) is 25.9 Å². The van der Waals surface area contributed by atoms with Crippen molar-refractivity contribution in [2.24, 2.45) is 0 Å². The van der Waals surface area contributed by atoms with E-state index in [1.807, 2.05) is 0 Å². The summed E-state index contributed by atoms with van der Waals surface area (Å²) in [5.41, 5.74) is 5.48. The Morgan fingerprint density at radius 1 is 1.28 bits per heavy atom. The fraction of sp³-hybridized carbons (Fsp3) is 0.0909. The Bertz CT molecular complexity index is 560. The number of hydrogen-bond acceptors (Lipinski definition) is 5. The van der Waals surface area contributed by atoms with Crippen LogP contribution in [0.1, 0.15) is 0 Å². The molecule has 1 aromatic carbocycles. The van der Waals surface area contributed by atoms with Gasteiger partial charge >= 0.3 is 0 Å². The van der Waals surface area contributed by atoms with E-state index in [0.29, 0.717) is 5.75 Å². The molecule has 7 heteroatoms. The Hall–Kier alpha value is -1.53. The van der Waals surface area contributed by atoms with Crippen molar-refractivity contribution in [2.75, 3.05) is 12.8 Å². The SMILES string of the molecule is COc1ccc(Oc2cc(Cl)nc(N)n2)c(Br)c1. The van der Waals surface area contributed by atoms with E-state index in [4.69, 9.17) is 26.8 Å². The first-order chi connectivity index (χ1) is 8.58. The molecule has 0 spiro atoms. The number of anilines is 1. The summed E-state index contributed by atoms with van der Waals surface area (Å²) < 4.78 is 11.4. The van der Waals surface area contributed by atoms with Crippen molar-refractivity contribution in [3.63, 3.8) is 0 Å². The second kappa shape index (κ2) is 5.41. The number of halogens is 2. The smallest absolute Gasteiger partial charge is 0.225 e. The molecule has 2 rings (SSSR count). The first-order valence-corrected chi connectivity index (χ1v) is 6.07. The first kappa shape index (κ1) is 12.9. The fourth-order valence-electron chi connectivity index (χ4n) is 1.27. The molecule has 0 saturated carbocycles. The lowest BCUT2D eigenvalue weighted by atomic mass is 10.3. The van der Waals surface area contributed by atoms with E-state index < -0.39 is 0 Å². The predicted octanol–water partition coefficient (Wildman–Crippen LogP) is 3.28. The molecule has 0 saturated heterocycles. The molecule has 0 aliphatic carbocycles. The molecule has 5 nitrogen and oxygen atoms in total. The van der Waals surface area contributed by atoms with Gasteiger partial charge in [-0.05, 0) is 34.1 Å². The average Bonchev–Trinajstić information content (AvgIpc) is 2.30. The molecule has 0 fully saturated rings. The molecule has 0 bridgehead atoms. The number of ether oxygens (including phenoxy) is 2. The maximum Gasteiger partial charge on any atom is 0.225 e. The molecule has 0 radical (unpaired) electrons. The molecule has 0 aliphatic heterocycles. The molecule has 2 aromatic rings. The summed E-state index contributed by atoms with van der Waals surface area (Å²) in [5.74, 6) is 1.62. The molecular formula is C11H9BrClN3O2. The zero-order valence-corrected chi connectivity index (χ0v) is 11.7. The van der Waals surface area contributed by atoms with Crippen molar-refractivity contribution in [3.8, 4) is 17.4 Å². The largest absolute Gasteiger partial charge is 0.497 e. The highest BCUT2D eigenvalue weighted by molar-refractivity contribution is 9.10. The third-order valence-corrected chi connectivity index (χ3v) is 2.86. The molecule has 1 aromatic heterocycles. The number of benzene rings is 1. The van der Waals surface area contributed by atoms with Gasteiger partial charge < -0.3 is 15.2 Å². The van der Waals surface area contributed by atoms with Crippen LogP contribution in [0.4, 0.5) is 5.95 Å². The third kappa shape index (κ3) is 3.02. The van der Waals surface area contributed by atoms with Crippen molar-refractivity contribution in [3.05, 3.63) is 33.9 Å². The summed E-state index contributed by atoms with van der Waals surface area (Å²) in [7, 11) is 1.59. The molecule has 0 amide bonds. The van der Waals surface area contributed by atoms with Crippen LogP contribution in [-0.2, 0) is 0 Å². The summed E-state index contributed by atoms with van der Waals surface area (Å²) in [6.45, 7) is 0. The lowest BCUT2D eigenvalue weighted by Crippen LogP contribution is -1.97. The highest BCUT2D eigenvalue weighted by atomic mass is 79.9. The van der Waals surface area contributed by atoms with Crippen LogP contribution in [-0.4, -0.2) is 17.1 Å². The van der Waals surface area contributed by atoms with Gasteiger partial charge in [-0.15, -0.1) is 0 Å². The van der Waals surface area contributed by atoms with Crippen LogP contribution < -0.4 is 15.2 Å². The van der Waals surface area contributed by atoms with Gasteiger partial charge in [-0.25, -0.2) is 4.98 Å². The van der Waals surface area contributed by atoms with E-state index in [-0.39, 0.29) is 17.0 Å². The maximum atomic E-state index is 5.76. The molecule has 0 unspecified atom stereocenters. The molecule has 0 atom stereocenters. The number of nitrogens with two attached hydrogens (primary N) is 1. The van der Waals surface area contributed by atoms with Crippen molar-refractivity contribution < 1.29 is 9.47 Å². The first-order valence-electron chi connectivity index (χ1n) is 4.90. The minimum Gasteiger partial charge on any atom is -0.497 e. The van der Waals surface area contributed by atoms with Crippen molar-refractivity contribution >= 4 is 33.5 Å². The Morgan fingerprint density at radius 3 is 2.67 bits per heavy atom. The van der Waals surface area contributed by atoms with Gasteiger partial charge in [0, 0.05) is 6.07 Å². The number of nitrogens with zero attached hydrogens (tertiary/aromatic N) is 2. The predicted molar refractivity (Wildman–Crippen MR) is 72.2 cm³/mol. The van der Waals surface area contributed by atoms with E-state index in [1.54, 1.807) is 25.3 Å². The van der Waals surface area contributed by atoms with Crippen LogP contribution in [0.25, 0.3) is 0 Å². The van der Waals surface area contributed by atoms with Gasteiger partial charge in [-0.1, -0.05) is 11.6 Å². The zero-order valence-electron chi connectivity index (χ0n) is 9.35. The zero-order chi connectivity index (χ0) is 13.1. The van der Waals surface area contributed by atoms with Crippen molar-refractivity contribution in [1.82, 2.24) is 9.97 Å². The highest BCUT2D eigenvalue weighted by Gasteiger charge is 2.07. The van der Waals surface area contributed by atoms with Crippen molar-refractivity contribution in [1.29, 1.82) is 0 Å². The summed E-state index contributed by atoms with van der Waals surface area (Å²) in [6.07, 6.45) is 0. The van der Waals surface area contributed by atoms with Crippen LogP contribution in [0.15, 0.2) is 28.7 Å². The summed E-state index contributed by atoms with van der Waals surface area (Å²) in [4.78, 5) is 7.67. The summed E-state index contributed by atoms with van der Waals surface area (Å²) >= 11 is 9.13. The molecule has 2 N–H and O–H groups in total.